The van der Waals surface area contributed by atoms with E-state index < -0.39 is 10.0 Å². The van der Waals surface area contributed by atoms with Crippen molar-refractivity contribution in [1.82, 2.24) is 14.7 Å². The average molecular weight is 298 g/mol. The zero-order valence-corrected chi connectivity index (χ0v) is 12.6. The lowest BCUT2D eigenvalue weighted by molar-refractivity contribution is 0.297. The Kier molecular flexibility index (Phi) is 5.31. The molecule has 6 nitrogen and oxygen atoms in total. The number of rotatable bonds is 8. The SMILES string of the molecule is CCCNc1ncc(S(=O)(=O)NCCC2CCC2)cn1. The first-order valence-electron chi connectivity index (χ1n) is 7.17. The van der Waals surface area contributed by atoms with Gasteiger partial charge in [-0.05, 0) is 18.8 Å². The van der Waals surface area contributed by atoms with Crippen molar-refractivity contribution in [3.05, 3.63) is 12.4 Å². The molecule has 0 aliphatic heterocycles. The minimum atomic E-state index is -3.48. The fourth-order valence-corrected chi connectivity index (χ4v) is 2.98. The number of nitrogens with zero attached hydrogens (tertiary/aromatic N) is 2. The Morgan fingerprint density at radius 3 is 2.50 bits per heavy atom. The molecule has 20 heavy (non-hydrogen) atoms. The van der Waals surface area contributed by atoms with Gasteiger partial charge in [0.1, 0.15) is 4.90 Å². The zero-order chi connectivity index (χ0) is 14.4. The summed E-state index contributed by atoms with van der Waals surface area (Å²) in [4.78, 5) is 8.14. The molecule has 1 saturated carbocycles. The van der Waals surface area contributed by atoms with Gasteiger partial charge in [0.2, 0.25) is 16.0 Å². The van der Waals surface area contributed by atoms with Crippen LogP contribution in [-0.4, -0.2) is 31.5 Å². The van der Waals surface area contributed by atoms with Crippen molar-refractivity contribution in [2.75, 3.05) is 18.4 Å². The Morgan fingerprint density at radius 1 is 1.25 bits per heavy atom. The van der Waals surface area contributed by atoms with Crippen LogP contribution in [0.1, 0.15) is 39.0 Å². The smallest absolute Gasteiger partial charge is 0.243 e. The maximum absolute atomic E-state index is 12.0. The van der Waals surface area contributed by atoms with Gasteiger partial charge in [0.05, 0.1) is 12.4 Å². The molecule has 2 N–H and O–H groups in total. The lowest BCUT2D eigenvalue weighted by Crippen LogP contribution is -2.27. The van der Waals surface area contributed by atoms with Crippen LogP contribution >= 0.6 is 0 Å². The highest BCUT2D eigenvalue weighted by Gasteiger charge is 2.19. The van der Waals surface area contributed by atoms with E-state index in [9.17, 15) is 8.42 Å². The Bertz CT molecular complexity index is 512. The third-order valence-electron chi connectivity index (χ3n) is 3.54. The molecule has 1 aliphatic rings. The van der Waals surface area contributed by atoms with Crippen LogP contribution < -0.4 is 10.0 Å². The summed E-state index contributed by atoms with van der Waals surface area (Å²) in [5.74, 6) is 1.15. The summed E-state index contributed by atoms with van der Waals surface area (Å²) in [5.41, 5.74) is 0. The van der Waals surface area contributed by atoms with Gasteiger partial charge in [-0.2, -0.15) is 0 Å². The Hall–Kier alpha value is -1.21. The quantitative estimate of drug-likeness (QED) is 0.764. The summed E-state index contributed by atoms with van der Waals surface area (Å²) in [6, 6.07) is 0. The molecule has 0 unspecified atom stereocenters. The Morgan fingerprint density at radius 2 is 1.95 bits per heavy atom. The van der Waals surface area contributed by atoms with E-state index in [1.54, 1.807) is 0 Å². The molecule has 0 aromatic carbocycles. The van der Waals surface area contributed by atoms with Crippen molar-refractivity contribution in [3.63, 3.8) is 0 Å². The summed E-state index contributed by atoms with van der Waals surface area (Å²) in [6.45, 7) is 3.30. The van der Waals surface area contributed by atoms with Crippen LogP contribution in [-0.2, 0) is 10.0 Å². The van der Waals surface area contributed by atoms with Crippen LogP contribution in [0.2, 0.25) is 0 Å². The minimum Gasteiger partial charge on any atom is -0.354 e. The van der Waals surface area contributed by atoms with Crippen molar-refractivity contribution >= 4 is 16.0 Å². The van der Waals surface area contributed by atoms with E-state index >= 15 is 0 Å². The van der Waals surface area contributed by atoms with Gasteiger partial charge in [0, 0.05) is 13.1 Å². The van der Waals surface area contributed by atoms with Crippen molar-refractivity contribution < 1.29 is 8.42 Å². The first kappa shape index (κ1) is 15.2. The van der Waals surface area contributed by atoms with E-state index in [2.05, 4.69) is 20.0 Å². The van der Waals surface area contributed by atoms with Crippen LogP contribution in [0.25, 0.3) is 0 Å². The van der Waals surface area contributed by atoms with Gasteiger partial charge in [-0.1, -0.05) is 26.2 Å². The molecule has 1 aromatic rings. The predicted octanol–water partition coefficient (Wildman–Crippen LogP) is 1.77. The molecule has 0 saturated heterocycles. The summed E-state index contributed by atoms with van der Waals surface area (Å²) in [7, 11) is -3.48. The van der Waals surface area contributed by atoms with Gasteiger partial charge in [0.15, 0.2) is 0 Å². The maximum Gasteiger partial charge on any atom is 0.243 e. The number of aromatic nitrogens is 2. The molecule has 0 atom stereocenters. The highest BCUT2D eigenvalue weighted by molar-refractivity contribution is 7.89. The number of hydrogen-bond donors (Lipinski definition) is 2. The second-order valence-corrected chi connectivity index (χ2v) is 6.92. The van der Waals surface area contributed by atoms with Crippen LogP contribution in [0.3, 0.4) is 0 Å². The first-order valence-corrected chi connectivity index (χ1v) is 8.65. The second kappa shape index (κ2) is 6.99. The Balaban J connectivity index is 1.87. The van der Waals surface area contributed by atoms with E-state index in [0.717, 1.165) is 19.4 Å². The zero-order valence-electron chi connectivity index (χ0n) is 11.8. The number of hydrogen-bond acceptors (Lipinski definition) is 5. The molecule has 7 heteroatoms. The fourth-order valence-electron chi connectivity index (χ4n) is 2.05. The number of anilines is 1. The van der Waals surface area contributed by atoms with Crippen LogP contribution in [0.15, 0.2) is 17.3 Å². The lowest BCUT2D eigenvalue weighted by atomic mass is 9.83. The van der Waals surface area contributed by atoms with Gasteiger partial charge in [-0.3, -0.25) is 0 Å². The molecule has 1 aliphatic carbocycles. The van der Waals surface area contributed by atoms with Crippen molar-refractivity contribution in [3.8, 4) is 0 Å². The fraction of sp³-hybridized carbons (Fsp3) is 0.692. The standard InChI is InChI=1S/C13H22N4O2S/c1-2-7-14-13-15-9-12(10-16-13)20(18,19)17-8-6-11-4-3-5-11/h9-11,17H,2-8H2,1H3,(H,14,15,16). The second-order valence-electron chi connectivity index (χ2n) is 5.15. The number of sulfonamides is 1. The normalized spacial score (nSPS) is 15.8. The highest BCUT2D eigenvalue weighted by atomic mass is 32.2. The molecule has 0 spiro atoms. The lowest BCUT2D eigenvalue weighted by Gasteiger charge is -2.25. The maximum atomic E-state index is 12.0. The first-order chi connectivity index (χ1) is 9.62. The largest absolute Gasteiger partial charge is 0.354 e. The van der Waals surface area contributed by atoms with Gasteiger partial charge < -0.3 is 5.32 Å². The average Bonchev–Trinajstić information content (AvgIpc) is 2.40. The third-order valence-corrected chi connectivity index (χ3v) is 4.96. The molecule has 1 fully saturated rings. The molecule has 0 amide bonds. The number of nitrogens with one attached hydrogen (secondary N) is 2. The van der Waals surface area contributed by atoms with Gasteiger partial charge in [-0.15, -0.1) is 0 Å². The molecule has 1 aromatic heterocycles. The van der Waals surface area contributed by atoms with E-state index in [1.165, 1.54) is 31.7 Å². The molecule has 112 valence electrons. The Labute approximate surface area is 120 Å². The molecule has 2 rings (SSSR count). The molecular formula is C13H22N4O2S. The third kappa shape index (κ3) is 4.14. The highest BCUT2D eigenvalue weighted by Crippen LogP contribution is 2.28. The van der Waals surface area contributed by atoms with Crippen molar-refractivity contribution in [2.24, 2.45) is 5.92 Å². The van der Waals surface area contributed by atoms with Gasteiger partial charge in [0.25, 0.3) is 0 Å². The van der Waals surface area contributed by atoms with Gasteiger partial charge in [-0.25, -0.2) is 23.1 Å². The molecule has 1 heterocycles. The van der Waals surface area contributed by atoms with Crippen LogP contribution in [0.4, 0.5) is 5.95 Å². The summed E-state index contributed by atoms with van der Waals surface area (Å²) in [6.07, 6.45) is 8.29. The van der Waals surface area contributed by atoms with E-state index in [4.69, 9.17) is 0 Å². The van der Waals surface area contributed by atoms with E-state index in [0.29, 0.717) is 18.4 Å². The summed E-state index contributed by atoms with van der Waals surface area (Å²) in [5, 5.41) is 3.01. The molecule has 0 radical (unpaired) electrons. The summed E-state index contributed by atoms with van der Waals surface area (Å²) < 4.78 is 26.7. The predicted molar refractivity (Wildman–Crippen MR) is 78.0 cm³/mol. The summed E-state index contributed by atoms with van der Waals surface area (Å²) >= 11 is 0. The van der Waals surface area contributed by atoms with E-state index in [1.807, 2.05) is 6.92 Å². The molecular weight excluding hydrogens is 276 g/mol. The van der Waals surface area contributed by atoms with E-state index in [-0.39, 0.29) is 4.90 Å². The van der Waals surface area contributed by atoms with Crippen LogP contribution in [0, 0.1) is 5.92 Å². The minimum absolute atomic E-state index is 0.119. The van der Waals surface area contributed by atoms with Crippen molar-refractivity contribution in [2.45, 2.75) is 43.9 Å². The van der Waals surface area contributed by atoms with Gasteiger partial charge >= 0.3 is 0 Å². The molecule has 0 bridgehead atoms. The van der Waals surface area contributed by atoms with Crippen molar-refractivity contribution in [1.29, 1.82) is 0 Å². The topological polar surface area (TPSA) is 84.0 Å². The van der Waals surface area contributed by atoms with Crippen LogP contribution in [0.5, 0.6) is 0 Å². The monoisotopic (exact) mass is 298 g/mol.